The lowest BCUT2D eigenvalue weighted by Crippen LogP contribution is -2.31. The number of ether oxygens (including phenoxy) is 1. The Bertz CT molecular complexity index is 1400. The van der Waals surface area contributed by atoms with E-state index in [4.69, 9.17) is 9.84 Å². The fourth-order valence-corrected chi connectivity index (χ4v) is 4.38. The van der Waals surface area contributed by atoms with Crippen LogP contribution in [0.5, 0.6) is 11.5 Å². The van der Waals surface area contributed by atoms with Crippen LogP contribution in [-0.4, -0.2) is 23.5 Å². The molecule has 5 nitrogen and oxygen atoms in total. The minimum atomic E-state index is -0.889. The normalized spacial score (nSPS) is 11.8. The molecular weight excluding hydrogens is 457 g/mol. The number of benzene rings is 4. The molecule has 0 aromatic heterocycles. The lowest BCUT2D eigenvalue weighted by Gasteiger charge is -2.25. The molecule has 0 bridgehead atoms. The monoisotopic (exact) mass is 485 g/mol. The molecule has 0 aliphatic heterocycles. The van der Waals surface area contributed by atoms with Crippen LogP contribution in [0.1, 0.15) is 48.5 Å². The maximum atomic E-state index is 14.2. The molecule has 0 saturated carbocycles. The average molecular weight is 486 g/mol. The highest BCUT2D eigenvalue weighted by Gasteiger charge is 2.24. The third kappa shape index (κ3) is 5.38. The quantitative estimate of drug-likeness (QED) is 0.268. The van der Waals surface area contributed by atoms with Gasteiger partial charge in [-0.05, 0) is 60.5 Å². The molecule has 36 heavy (non-hydrogen) atoms. The predicted molar refractivity (Wildman–Crippen MR) is 139 cm³/mol. The van der Waals surface area contributed by atoms with Crippen LogP contribution in [-0.2, 0) is 4.79 Å². The number of aliphatic carboxylic acids is 1. The van der Waals surface area contributed by atoms with Gasteiger partial charge in [0.15, 0.2) is 11.6 Å². The van der Waals surface area contributed by atoms with E-state index in [0.29, 0.717) is 24.3 Å². The van der Waals surface area contributed by atoms with E-state index in [2.05, 4.69) is 0 Å². The van der Waals surface area contributed by atoms with Crippen LogP contribution < -0.4 is 9.64 Å². The molecule has 1 N–H and O–H groups in total. The van der Waals surface area contributed by atoms with E-state index in [1.807, 2.05) is 56.3 Å². The summed E-state index contributed by atoms with van der Waals surface area (Å²) in [5, 5.41) is 11.1. The molecular formula is C30H28FNO4. The van der Waals surface area contributed by atoms with Crippen molar-refractivity contribution in [2.45, 2.75) is 32.6 Å². The summed E-state index contributed by atoms with van der Waals surface area (Å²) in [5.74, 6) is -1.43. The van der Waals surface area contributed by atoms with E-state index >= 15 is 0 Å². The fourth-order valence-electron chi connectivity index (χ4n) is 4.38. The third-order valence-corrected chi connectivity index (χ3v) is 6.26. The molecule has 0 fully saturated rings. The number of nitrogens with zero attached hydrogens (tertiary/aromatic N) is 1. The number of halogens is 1. The predicted octanol–water partition coefficient (Wildman–Crippen LogP) is 7.41. The number of carbonyl (C=O) groups excluding carboxylic acids is 1. The molecule has 4 aromatic rings. The second kappa shape index (κ2) is 11.0. The van der Waals surface area contributed by atoms with E-state index < -0.39 is 11.8 Å². The number of hydrogen-bond donors (Lipinski definition) is 1. The van der Waals surface area contributed by atoms with E-state index in [1.165, 1.54) is 12.1 Å². The minimum absolute atomic E-state index is 0.0108. The van der Waals surface area contributed by atoms with Crippen LogP contribution in [0.4, 0.5) is 10.1 Å². The van der Waals surface area contributed by atoms with Crippen molar-refractivity contribution in [3.8, 4) is 11.5 Å². The molecule has 0 heterocycles. The second-order valence-corrected chi connectivity index (χ2v) is 8.66. The lowest BCUT2D eigenvalue weighted by molar-refractivity contribution is -0.137. The summed E-state index contributed by atoms with van der Waals surface area (Å²) in [4.78, 5) is 26.9. The van der Waals surface area contributed by atoms with Gasteiger partial charge in [-0.3, -0.25) is 9.59 Å². The number of amides is 1. The van der Waals surface area contributed by atoms with Crippen LogP contribution in [0.3, 0.4) is 0 Å². The molecule has 0 saturated heterocycles. The molecule has 184 valence electrons. The van der Waals surface area contributed by atoms with Gasteiger partial charge >= 0.3 is 5.97 Å². The number of carbonyl (C=O) groups is 2. The fraction of sp³-hybridized carbons (Fsp3) is 0.200. The highest BCUT2D eigenvalue weighted by atomic mass is 19.1. The zero-order valence-electron chi connectivity index (χ0n) is 20.3. The minimum Gasteiger partial charge on any atom is -0.481 e. The number of hydrogen-bond acceptors (Lipinski definition) is 3. The first kappa shape index (κ1) is 24.9. The van der Waals surface area contributed by atoms with Crippen molar-refractivity contribution in [2.75, 3.05) is 11.4 Å². The molecule has 4 aromatic carbocycles. The summed E-state index contributed by atoms with van der Waals surface area (Å²) in [6, 6.07) is 24.9. The van der Waals surface area contributed by atoms with Crippen molar-refractivity contribution >= 4 is 28.3 Å². The van der Waals surface area contributed by atoms with Crippen molar-refractivity contribution in [3.63, 3.8) is 0 Å². The maximum absolute atomic E-state index is 14.2. The number of para-hydroxylation sites is 1. The first-order valence-corrected chi connectivity index (χ1v) is 12.0. The molecule has 0 radical (unpaired) electrons. The van der Waals surface area contributed by atoms with E-state index in [9.17, 15) is 14.0 Å². The van der Waals surface area contributed by atoms with E-state index in [1.54, 1.807) is 35.2 Å². The van der Waals surface area contributed by atoms with Gasteiger partial charge in [-0.1, -0.05) is 61.5 Å². The number of rotatable bonds is 9. The van der Waals surface area contributed by atoms with Crippen LogP contribution in [0.25, 0.3) is 10.8 Å². The Morgan fingerprint density at radius 3 is 2.44 bits per heavy atom. The Morgan fingerprint density at radius 1 is 0.972 bits per heavy atom. The Labute approximate surface area is 209 Å². The largest absolute Gasteiger partial charge is 0.481 e. The first-order valence-electron chi connectivity index (χ1n) is 12.0. The van der Waals surface area contributed by atoms with Crippen molar-refractivity contribution in [1.82, 2.24) is 0 Å². The molecule has 0 spiro atoms. The van der Waals surface area contributed by atoms with Gasteiger partial charge in [0.1, 0.15) is 5.75 Å². The number of carboxylic acid groups (broad SMARTS) is 1. The van der Waals surface area contributed by atoms with Gasteiger partial charge < -0.3 is 14.7 Å². The Hall–Kier alpha value is -4.19. The van der Waals surface area contributed by atoms with Crippen LogP contribution >= 0.6 is 0 Å². The zero-order valence-corrected chi connectivity index (χ0v) is 20.3. The molecule has 4 rings (SSSR count). The number of anilines is 1. The van der Waals surface area contributed by atoms with Gasteiger partial charge in [0.25, 0.3) is 5.91 Å². The molecule has 1 amide bonds. The summed E-state index contributed by atoms with van der Waals surface area (Å²) in [5.41, 5.74) is 1.91. The SMILES string of the molecule is CCN(C(=O)c1cc(Oc2ccccc2F)ccc1[C@H](C)CCC(=O)O)c1cccc2ccccc12. The summed E-state index contributed by atoms with van der Waals surface area (Å²) >= 11 is 0. The Balaban J connectivity index is 1.78. The number of fused-ring (bicyclic) bond motifs is 1. The molecule has 6 heteroatoms. The summed E-state index contributed by atoms with van der Waals surface area (Å²) in [6.07, 6.45) is 0.368. The average Bonchev–Trinajstić information content (AvgIpc) is 2.89. The van der Waals surface area contributed by atoms with Crippen LogP contribution in [0.15, 0.2) is 84.9 Å². The second-order valence-electron chi connectivity index (χ2n) is 8.66. The smallest absolute Gasteiger partial charge is 0.303 e. The number of carboxylic acids is 1. The third-order valence-electron chi connectivity index (χ3n) is 6.26. The van der Waals surface area contributed by atoms with Gasteiger partial charge in [0, 0.05) is 23.9 Å². The van der Waals surface area contributed by atoms with Gasteiger partial charge in [0.05, 0.1) is 5.69 Å². The van der Waals surface area contributed by atoms with Crippen molar-refractivity contribution in [3.05, 3.63) is 102 Å². The Kier molecular flexibility index (Phi) is 7.64. The zero-order chi connectivity index (χ0) is 25.7. The highest BCUT2D eigenvalue weighted by molar-refractivity contribution is 6.11. The first-order chi connectivity index (χ1) is 17.4. The molecule has 0 unspecified atom stereocenters. The summed E-state index contributed by atoms with van der Waals surface area (Å²) in [7, 11) is 0. The maximum Gasteiger partial charge on any atom is 0.303 e. The van der Waals surface area contributed by atoms with Crippen molar-refractivity contribution in [2.24, 2.45) is 0 Å². The van der Waals surface area contributed by atoms with E-state index in [-0.39, 0.29) is 24.0 Å². The summed E-state index contributed by atoms with van der Waals surface area (Å²) < 4.78 is 20.0. The molecule has 0 aliphatic carbocycles. The van der Waals surface area contributed by atoms with Gasteiger partial charge in [0.2, 0.25) is 0 Å². The van der Waals surface area contributed by atoms with Crippen LogP contribution in [0, 0.1) is 5.82 Å². The van der Waals surface area contributed by atoms with Gasteiger partial charge in [-0.2, -0.15) is 0 Å². The van der Waals surface area contributed by atoms with Gasteiger partial charge in [-0.25, -0.2) is 4.39 Å². The van der Waals surface area contributed by atoms with Gasteiger partial charge in [-0.15, -0.1) is 0 Å². The Morgan fingerprint density at radius 2 is 1.69 bits per heavy atom. The summed E-state index contributed by atoms with van der Waals surface area (Å²) in [6.45, 7) is 4.24. The highest BCUT2D eigenvalue weighted by Crippen LogP contribution is 2.34. The van der Waals surface area contributed by atoms with Crippen molar-refractivity contribution in [1.29, 1.82) is 0 Å². The molecule has 1 atom stereocenters. The van der Waals surface area contributed by atoms with Crippen LogP contribution in [0.2, 0.25) is 0 Å². The lowest BCUT2D eigenvalue weighted by atomic mass is 9.91. The van der Waals surface area contributed by atoms with Crippen molar-refractivity contribution < 1.29 is 23.8 Å². The van der Waals surface area contributed by atoms with E-state index in [0.717, 1.165) is 22.0 Å². The molecule has 0 aliphatic rings. The topological polar surface area (TPSA) is 66.8 Å². The standard InChI is InChI=1S/C30H28FNO4/c1-3-32(27-13-8-10-21-9-4-5-11-24(21)27)30(35)25-19-22(36-28-14-7-6-12-26(28)31)16-17-23(25)20(2)15-18-29(33)34/h4-14,16-17,19-20H,3,15,18H2,1-2H3,(H,33,34)/t20-/m1/s1.